The van der Waals surface area contributed by atoms with E-state index in [1.807, 2.05) is 61.7 Å². The van der Waals surface area contributed by atoms with Crippen molar-refractivity contribution in [3.8, 4) is 5.75 Å². The molecule has 0 radical (unpaired) electrons. The normalized spacial score (nSPS) is 19.0. The molecule has 162 valence electrons. The SMILES string of the molecule is COc1ccc(/C=[N+]2\NC(=O)[C@H](NC(=O)c3ccc(F)cc3)[C@@H]2c2ccc(C)cc2)cc1. The van der Waals surface area contributed by atoms with Gasteiger partial charge in [0.05, 0.1) is 7.11 Å². The average Bonchev–Trinajstić information content (AvgIpc) is 3.09. The van der Waals surface area contributed by atoms with Gasteiger partial charge in [-0.1, -0.05) is 29.8 Å². The van der Waals surface area contributed by atoms with E-state index in [-0.39, 0.29) is 11.5 Å². The van der Waals surface area contributed by atoms with Crippen LogP contribution >= 0.6 is 0 Å². The number of hydrazone groups is 1. The Morgan fingerprint density at radius 1 is 1.03 bits per heavy atom. The monoisotopic (exact) mass is 432 g/mol. The summed E-state index contributed by atoms with van der Waals surface area (Å²) >= 11 is 0. The predicted octanol–water partition coefficient (Wildman–Crippen LogP) is 3.16. The summed E-state index contributed by atoms with van der Waals surface area (Å²) in [7, 11) is 1.60. The molecule has 0 aliphatic carbocycles. The van der Waals surface area contributed by atoms with Gasteiger partial charge in [-0.2, -0.15) is 0 Å². The first-order chi connectivity index (χ1) is 15.4. The molecule has 6 nitrogen and oxygen atoms in total. The number of carbonyl (C=O) groups excluding carboxylic acids is 2. The summed E-state index contributed by atoms with van der Waals surface area (Å²) in [6.45, 7) is 1.98. The zero-order chi connectivity index (χ0) is 22.7. The van der Waals surface area contributed by atoms with Crippen molar-refractivity contribution in [3.63, 3.8) is 0 Å². The van der Waals surface area contributed by atoms with Gasteiger partial charge in [0, 0.05) is 16.7 Å². The number of carbonyl (C=O) groups is 2. The number of halogens is 1. The van der Waals surface area contributed by atoms with Crippen LogP contribution in [0.2, 0.25) is 0 Å². The summed E-state index contributed by atoms with van der Waals surface area (Å²) in [5, 5.41) is 2.81. The lowest BCUT2D eigenvalue weighted by atomic mass is 9.98. The molecule has 32 heavy (non-hydrogen) atoms. The van der Waals surface area contributed by atoms with Crippen LogP contribution in [0.5, 0.6) is 5.75 Å². The highest BCUT2D eigenvalue weighted by atomic mass is 19.1. The molecule has 0 spiro atoms. The van der Waals surface area contributed by atoms with Crippen LogP contribution in [0.15, 0.2) is 72.8 Å². The third-order valence-corrected chi connectivity index (χ3v) is 5.35. The van der Waals surface area contributed by atoms with Crippen molar-refractivity contribution >= 4 is 18.0 Å². The lowest BCUT2D eigenvalue weighted by molar-refractivity contribution is -0.596. The van der Waals surface area contributed by atoms with E-state index in [4.69, 9.17) is 4.74 Å². The molecule has 3 aromatic rings. The number of hydrogen-bond acceptors (Lipinski definition) is 3. The summed E-state index contributed by atoms with van der Waals surface area (Å²) in [6, 6.07) is 19.1. The summed E-state index contributed by atoms with van der Waals surface area (Å²) < 4.78 is 20.1. The molecule has 1 fully saturated rings. The van der Waals surface area contributed by atoms with E-state index in [1.165, 1.54) is 24.3 Å². The minimum atomic E-state index is -0.843. The van der Waals surface area contributed by atoms with E-state index in [9.17, 15) is 14.0 Å². The van der Waals surface area contributed by atoms with Crippen LogP contribution in [0.25, 0.3) is 0 Å². The van der Waals surface area contributed by atoms with Crippen LogP contribution in [0, 0.1) is 12.7 Å². The molecule has 2 N–H and O–H groups in total. The fourth-order valence-electron chi connectivity index (χ4n) is 3.62. The largest absolute Gasteiger partial charge is 0.497 e. The van der Waals surface area contributed by atoms with Crippen molar-refractivity contribution in [1.82, 2.24) is 10.7 Å². The molecule has 1 aliphatic rings. The predicted molar refractivity (Wildman–Crippen MR) is 118 cm³/mol. The first-order valence-corrected chi connectivity index (χ1v) is 10.2. The van der Waals surface area contributed by atoms with Crippen LogP contribution in [-0.4, -0.2) is 35.9 Å². The van der Waals surface area contributed by atoms with Gasteiger partial charge < -0.3 is 10.1 Å². The Labute approximate surface area is 185 Å². The van der Waals surface area contributed by atoms with Gasteiger partial charge in [0.15, 0.2) is 6.04 Å². The van der Waals surface area contributed by atoms with E-state index in [2.05, 4.69) is 10.7 Å². The molecule has 4 rings (SSSR count). The van der Waals surface area contributed by atoms with E-state index in [0.29, 0.717) is 0 Å². The number of nitrogens with one attached hydrogen (secondary N) is 2. The molecule has 2 atom stereocenters. The zero-order valence-corrected chi connectivity index (χ0v) is 17.7. The van der Waals surface area contributed by atoms with Gasteiger partial charge >= 0.3 is 5.91 Å². The molecule has 2 amide bonds. The van der Waals surface area contributed by atoms with Gasteiger partial charge in [-0.15, -0.1) is 10.1 Å². The molecule has 1 saturated heterocycles. The summed E-state index contributed by atoms with van der Waals surface area (Å²) in [4.78, 5) is 25.6. The van der Waals surface area contributed by atoms with E-state index >= 15 is 0 Å². The Bertz CT molecular complexity index is 1160. The number of amides is 2. The topological polar surface area (TPSA) is 70.4 Å². The molecule has 0 unspecified atom stereocenters. The molecule has 0 aromatic heterocycles. The third-order valence-electron chi connectivity index (χ3n) is 5.35. The van der Waals surface area contributed by atoms with E-state index in [0.717, 1.165) is 22.4 Å². The van der Waals surface area contributed by atoms with Gasteiger partial charge in [0.1, 0.15) is 11.6 Å². The quantitative estimate of drug-likeness (QED) is 0.609. The van der Waals surface area contributed by atoms with Crippen LogP contribution in [0.4, 0.5) is 4.39 Å². The molecule has 1 aliphatic heterocycles. The Balaban J connectivity index is 1.68. The van der Waals surface area contributed by atoms with Crippen LogP contribution in [0.1, 0.15) is 33.1 Å². The van der Waals surface area contributed by atoms with Gasteiger partial charge in [-0.3, -0.25) is 9.59 Å². The number of hydrogen-bond donors (Lipinski definition) is 2. The van der Waals surface area contributed by atoms with Crippen molar-refractivity contribution in [2.75, 3.05) is 7.11 Å². The van der Waals surface area contributed by atoms with Crippen LogP contribution < -0.4 is 15.5 Å². The Hall–Kier alpha value is -4.00. The van der Waals surface area contributed by atoms with E-state index in [1.54, 1.807) is 11.8 Å². The number of ether oxygens (including phenoxy) is 1. The van der Waals surface area contributed by atoms with Gasteiger partial charge in [0.2, 0.25) is 12.3 Å². The maximum atomic E-state index is 13.2. The number of hydrazine groups is 1. The highest BCUT2D eigenvalue weighted by Gasteiger charge is 2.47. The highest BCUT2D eigenvalue weighted by Crippen LogP contribution is 2.26. The lowest BCUT2D eigenvalue weighted by Crippen LogP contribution is -2.42. The van der Waals surface area contributed by atoms with Crippen molar-refractivity contribution in [2.24, 2.45) is 0 Å². The fraction of sp³-hybridized carbons (Fsp3) is 0.160. The van der Waals surface area contributed by atoms with Crippen molar-refractivity contribution in [1.29, 1.82) is 0 Å². The molecule has 7 heteroatoms. The number of aryl methyl sites for hydroxylation is 1. The van der Waals surface area contributed by atoms with Crippen molar-refractivity contribution in [2.45, 2.75) is 19.0 Å². The maximum absolute atomic E-state index is 13.2. The molecule has 0 bridgehead atoms. The summed E-state index contributed by atoms with van der Waals surface area (Å²) in [5.41, 5.74) is 5.93. The first-order valence-electron chi connectivity index (χ1n) is 10.2. The second-order valence-electron chi connectivity index (χ2n) is 7.60. The molecule has 3 aromatic carbocycles. The fourth-order valence-corrected chi connectivity index (χ4v) is 3.62. The molecular weight excluding hydrogens is 409 g/mol. The van der Waals surface area contributed by atoms with Crippen LogP contribution in [0.3, 0.4) is 0 Å². The van der Waals surface area contributed by atoms with Gasteiger partial charge in [-0.25, -0.2) is 4.39 Å². The second kappa shape index (κ2) is 9.01. The van der Waals surface area contributed by atoms with Gasteiger partial charge in [0.25, 0.3) is 5.91 Å². The lowest BCUT2D eigenvalue weighted by Gasteiger charge is -2.15. The number of nitrogens with zero attached hydrogens (tertiary/aromatic N) is 1. The molecule has 1 heterocycles. The minimum absolute atomic E-state index is 0.277. The third kappa shape index (κ3) is 4.51. The van der Waals surface area contributed by atoms with Gasteiger partial charge in [-0.05, 0) is 55.5 Å². The second-order valence-corrected chi connectivity index (χ2v) is 7.60. The molecule has 0 saturated carbocycles. The molecular formula is C25H23FN3O3+. The Morgan fingerprint density at radius 3 is 2.31 bits per heavy atom. The smallest absolute Gasteiger partial charge is 0.304 e. The number of methoxy groups -OCH3 is 1. The maximum Gasteiger partial charge on any atom is 0.304 e. The number of rotatable bonds is 5. The number of benzene rings is 3. The highest BCUT2D eigenvalue weighted by molar-refractivity contribution is 5.98. The Morgan fingerprint density at radius 2 is 1.69 bits per heavy atom. The summed E-state index contributed by atoms with van der Waals surface area (Å²) in [6.07, 6.45) is 1.81. The zero-order valence-electron chi connectivity index (χ0n) is 17.7. The van der Waals surface area contributed by atoms with Crippen molar-refractivity contribution < 1.29 is 23.4 Å². The Kier molecular flexibility index (Phi) is 5.98. The standard InChI is InChI=1S/C25H22FN3O3/c1-16-3-7-18(8-4-16)23-22(27-24(30)19-9-11-20(26)12-10-19)25(31)28-29(23)15-17-5-13-21(32-2)14-6-17/h3-15,22-23H,1-2H3,(H-,27,28,30,31)/p+1/b29-15-/t22-,23+/m1/s1. The first kappa shape index (κ1) is 21.2. The summed E-state index contributed by atoms with van der Waals surface area (Å²) in [5.74, 6) is -0.491. The van der Waals surface area contributed by atoms with E-state index < -0.39 is 23.8 Å². The van der Waals surface area contributed by atoms with Crippen LogP contribution in [-0.2, 0) is 4.79 Å². The average molecular weight is 432 g/mol. The van der Waals surface area contributed by atoms with Crippen molar-refractivity contribution in [3.05, 3.63) is 101 Å². The minimum Gasteiger partial charge on any atom is -0.497 e.